The largest absolute Gasteiger partial charge is 0.494 e. The molecule has 0 spiro atoms. The SMILES string of the molecule is Brc1ccc2nc3c(ccc4cccnc43)cc2c1.CC1(C)OB(c2cccc(-c3nc(-c4ccccc4)nc(-c4ccccc4)n3)c2)OC1(C)C.c1ccc(-c2nc(-c3ccccc3)nc(-c3cccc(-c4ccc5nc6c(ccc7cccnc76)cc5c4)c3)n2)cc1. The van der Waals surface area contributed by atoms with Gasteiger partial charge in [-0.3, -0.25) is 9.97 Å². The van der Waals surface area contributed by atoms with Crippen molar-refractivity contribution in [3.05, 3.63) is 284 Å². The minimum atomic E-state index is -0.445. The minimum absolute atomic E-state index is 0.401. The van der Waals surface area contributed by atoms with Crippen molar-refractivity contribution in [1.82, 2.24) is 49.8 Å². The monoisotopic (exact) mass is 1280 g/mol. The van der Waals surface area contributed by atoms with Gasteiger partial charge in [0.1, 0.15) is 0 Å². The average molecular weight is 1280 g/mol. The molecule has 0 aliphatic carbocycles. The molecule has 0 saturated carbocycles. The van der Waals surface area contributed by atoms with Crippen LogP contribution in [0.3, 0.4) is 0 Å². The second kappa shape index (κ2) is 25.1. The van der Waals surface area contributed by atoms with E-state index in [1.54, 1.807) is 0 Å². The zero-order valence-electron chi connectivity index (χ0n) is 51.8. The molecule has 14 heteroatoms. The van der Waals surface area contributed by atoms with Gasteiger partial charge in [-0.05, 0) is 105 Å². The Kier molecular flexibility index (Phi) is 15.8. The Hall–Kier alpha value is -11.2. The average Bonchev–Trinajstić information content (AvgIpc) is 1.03. The van der Waals surface area contributed by atoms with Gasteiger partial charge in [0.15, 0.2) is 34.9 Å². The van der Waals surface area contributed by atoms with E-state index in [2.05, 4.69) is 151 Å². The van der Waals surface area contributed by atoms with Gasteiger partial charge in [-0.15, -0.1) is 0 Å². The van der Waals surface area contributed by atoms with Crippen molar-refractivity contribution in [1.29, 1.82) is 0 Å². The number of nitrogens with zero attached hydrogens (tertiary/aromatic N) is 10. The molecule has 10 aromatic carbocycles. The molecular formula is C80H58BBrN10O2. The molecule has 1 aliphatic heterocycles. The first-order valence-electron chi connectivity index (χ1n) is 31.0. The molecule has 450 valence electrons. The summed E-state index contributed by atoms with van der Waals surface area (Å²) in [7, 11) is -0.445. The fraction of sp³-hybridized carbons (Fsp3) is 0.0750. The number of benzene rings is 10. The van der Waals surface area contributed by atoms with Crippen molar-refractivity contribution in [2.24, 2.45) is 0 Å². The zero-order valence-corrected chi connectivity index (χ0v) is 53.4. The molecule has 0 bridgehead atoms. The van der Waals surface area contributed by atoms with Crippen LogP contribution in [0.5, 0.6) is 0 Å². The number of hydrogen-bond acceptors (Lipinski definition) is 12. The Balaban J connectivity index is 0.000000124. The molecule has 94 heavy (non-hydrogen) atoms. The summed E-state index contributed by atoms with van der Waals surface area (Å²) in [6, 6.07) is 89.8. The van der Waals surface area contributed by atoms with Crippen LogP contribution in [0.4, 0.5) is 0 Å². The molecule has 1 saturated heterocycles. The van der Waals surface area contributed by atoms with Gasteiger partial charge in [0, 0.05) is 82.6 Å². The molecule has 0 unspecified atom stereocenters. The number of pyridine rings is 4. The quantitative estimate of drug-likeness (QED) is 0.0810. The molecule has 16 aromatic rings. The maximum absolute atomic E-state index is 6.25. The van der Waals surface area contributed by atoms with Crippen LogP contribution in [0, 0.1) is 0 Å². The highest BCUT2D eigenvalue weighted by Gasteiger charge is 2.51. The van der Waals surface area contributed by atoms with E-state index in [1.807, 2.05) is 182 Å². The lowest BCUT2D eigenvalue weighted by atomic mass is 9.78. The lowest BCUT2D eigenvalue weighted by Crippen LogP contribution is -2.41. The fourth-order valence-corrected chi connectivity index (χ4v) is 11.9. The summed E-state index contributed by atoms with van der Waals surface area (Å²) in [5.41, 5.74) is 13.6. The maximum Gasteiger partial charge on any atom is 0.494 e. The first kappa shape index (κ1) is 59.2. The molecule has 0 atom stereocenters. The van der Waals surface area contributed by atoms with Crippen LogP contribution < -0.4 is 5.46 Å². The Morgan fingerprint density at radius 3 is 1.12 bits per heavy atom. The van der Waals surface area contributed by atoms with Crippen LogP contribution in [0.1, 0.15) is 27.7 Å². The van der Waals surface area contributed by atoms with E-state index in [-0.39, 0.29) is 0 Å². The third-order valence-electron chi connectivity index (χ3n) is 17.2. The van der Waals surface area contributed by atoms with Crippen molar-refractivity contribution in [2.75, 3.05) is 0 Å². The normalized spacial score (nSPS) is 13.2. The lowest BCUT2D eigenvalue weighted by molar-refractivity contribution is 0.00578. The van der Waals surface area contributed by atoms with Gasteiger partial charge in [-0.25, -0.2) is 39.9 Å². The van der Waals surface area contributed by atoms with Gasteiger partial charge in [0.05, 0.1) is 44.3 Å². The summed E-state index contributed by atoms with van der Waals surface area (Å²) in [5.74, 6) is 3.82. The molecular weight excluding hydrogens is 1220 g/mol. The first-order chi connectivity index (χ1) is 45.9. The van der Waals surface area contributed by atoms with Gasteiger partial charge >= 0.3 is 7.12 Å². The second-order valence-corrected chi connectivity index (χ2v) is 24.9. The highest BCUT2D eigenvalue weighted by atomic mass is 79.9. The molecule has 7 heterocycles. The van der Waals surface area contributed by atoms with Crippen LogP contribution in [0.25, 0.3) is 145 Å². The molecule has 0 radical (unpaired) electrons. The third-order valence-corrected chi connectivity index (χ3v) is 17.7. The zero-order chi connectivity index (χ0) is 63.8. The van der Waals surface area contributed by atoms with E-state index < -0.39 is 18.3 Å². The summed E-state index contributed by atoms with van der Waals surface area (Å²) in [6.07, 6.45) is 3.64. The van der Waals surface area contributed by atoms with E-state index in [0.717, 1.165) is 120 Å². The summed E-state index contributed by atoms with van der Waals surface area (Å²) >= 11 is 3.50. The van der Waals surface area contributed by atoms with Crippen molar-refractivity contribution >= 4 is 93.9 Å². The number of halogens is 1. The summed E-state index contributed by atoms with van der Waals surface area (Å²) in [6.45, 7) is 8.23. The molecule has 12 nitrogen and oxygen atoms in total. The predicted octanol–water partition coefficient (Wildman–Crippen LogP) is 18.7. The van der Waals surface area contributed by atoms with Gasteiger partial charge in [-0.2, -0.15) is 0 Å². The first-order valence-corrected chi connectivity index (χ1v) is 31.8. The van der Waals surface area contributed by atoms with Crippen LogP contribution in [0.2, 0.25) is 0 Å². The van der Waals surface area contributed by atoms with Crippen molar-refractivity contribution in [3.8, 4) is 79.5 Å². The highest BCUT2D eigenvalue weighted by Crippen LogP contribution is 2.38. The number of hydrogen-bond donors (Lipinski definition) is 0. The van der Waals surface area contributed by atoms with Crippen LogP contribution in [-0.2, 0) is 9.31 Å². The minimum Gasteiger partial charge on any atom is -0.399 e. The summed E-state index contributed by atoms with van der Waals surface area (Å²) < 4.78 is 13.6. The molecule has 6 aromatic heterocycles. The Labute approximate surface area is 551 Å². The molecule has 1 fully saturated rings. The Bertz CT molecular complexity index is 5370. The standard InChI is InChI=1S/C37H23N5.C27H26BN3O2.C16H9BrN2/c1-3-9-25(10-4-1)35-40-36(26-11-5-2-6-12-26)42-37(41-35)30-14-7-13-27(21-30)28-18-19-32-31(22-28)23-29-17-16-24-15-8-20-38-33(24)34(29)39-32;1-26(2)27(3,4)33-28(32-26)22-17-11-16-21(18-22)25-30-23(19-12-7-5-8-13-19)29-24(31-25)20-14-9-6-10-15-20;17-13-5-6-14-12(9-13)8-11-4-3-10-2-1-7-18-15(10)16(11)19-14/h1-23H;5-18H,1-4H3;1-9H. The lowest BCUT2D eigenvalue weighted by Gasteiger charge is -2.32. The van der Waals surface area contributed by atoms with E-state index in [1.165, 1.54) is 0 Å². The molecule has 0 N–H and O–H groups in total. The summed E-state index contributed by atoms with van der Waals surface area (Å²) in [4.78, 5) is 47.9. The van der Waals surface area contributed by atoms with Gasteiger partial charge in [0.25, 0.3) is 0 Å². The number of rotatable bonds is 8. The second-order valence-electron chi connectivity index (χ2n) is 24.0. The van der Waals surface area contributed by atoms with E-state index >= 15 is 0 Å². The molecule has 1 aliphatic rings. The van der Waals surface area contributed by atoms with Crippen molar-refractivity contribution in [3.63, 3.8) is 0 Å². The van der Waals surface area contributed by atoms with Crippen LogP contribution in [0.15, 0.2) is 284 Å². The highest BCUT2D eigenvalue weighted by molar-refractivity contribution is 9.10. The topological polar surface area (TPSA) is 147 Å². The third kappa shape index (κ3) is 12.2. The van der Waals surface area contributed by atoms with Crippen molar-refractivity contribution in [2.45, 2.75) is 38.9 Å². The van der Waals surface area contributed by atoms with Gasteiger partial charge in [-0.1, -0.05) is 222 Å². The Morgan fingerprint density at radius 2 is 0.649 bits per heavy atom. The van der Waals surface area contributed by atoms with Gasteiger partial charge in [0.2, 0.25) is 0 Å². The molecule has 0 amide bonds. The van der Waals surface area contributed by atoms with Gasteiger partial charge < -0.3 is 9.31 Å². The van der Waals surface area contributed by atoms with E-state index in [4.69, 9.17) is 49.2 Å². The summed E-state index contributed by atoms with van der Waals surface area (Å²) in [5, 5.41) is 6.63. The smallest absolute Gasteiger partial charge is 0.399 e. The van der Waals surface area contributed by atoms with E-state index in [0.29, 0.717) is 34.9 Å². The Morgan fingerprint density at radius 1 is 0.277 bits per heavy atom. The predicted molar refractivity (Wildman–Crippen MR) is 384 cm³/mol. The number of fused-ring (bicyclic) bond motifs is 8. The van der Waals surface area contributed by atoms with Crippen LogP contribution in [-0.4, -0.2) is 68.2 Å². The maximum atomic E-state index is 6.25. The van der Waals surface area contributed by atoms with E-state index in [9.17, 15) is 0 Å². The number of aromatic nitrogens is 10. The van der Waals surface area contributed by atoms with Crippen LogP contribution >= 0.6 is 15.9 Å². The molecule has 17 rings (SSSR count). The van der Waals surface area contributed by atoms with Crippen molar-refractivity contribution < 1.29 is 9.31 Å². The fourth-order valence-electron chi connectivity index (χ4n) is 11.5.